The van der Waals surface area contributed by atoms with Crippen LogP contribution in [0.1, 0.15) is 24.2 Å². The zero-order valence-corrected chi connectivity index (χ0v) is 16.1. The first-order chi connectivity index (χ1) is 12.7. The first-order valence-corrected chi connectivity index (χ1v) is 9.97. The van der Waals surface area contributed by atoms with Gasteiger partial charge in [0.05, 0.1) is 21.9 Å². The second-order valence-corrected chi connectivity index (χ2v) is 8.24. The van der Waals surface area contributed by atoms with Crippen molar-refractivity contribution in [3.8, 4) is 0 Å². The molecule has 0 saturated carbocycles. The molecule has 144 valence electrons. The van der Waals surface area contributed by atoms with Crippen molar-refractivity contribution in [2.75, 3.05) is 11.1 Å². The zero-order valence-electron chi connectivity index (χ0n) is 14.5. The summed E-state index contributed by atoms with van der Waals surface area (Å²) in [6.45, 7) is 2.74. The van der Waals surface area contributed by atoms with E-state index in [0.29, 0.717) is 0 Å². The maximum absolute atomic E-state index is 13.8. The number of hydrogen-bond donors (Lipinski definition) is 1. The molecule has 0 fully saturated rings. The molecule has 1 N–H and O–H groups in total. The highest BCUT2D eigenvalue weighted by molar-refractivity contribution is 7.91. The van der Waals surface area contributed by atoms with Gasteiger partial charge in [0.15, 0.2) is 15.9 Å². The van der Waals surface area contributed by atoms with Crippen molar-refractivity contribution in [2.45, 2.75) is 24.8 Å². The Morgan fingerprint density at radius 1 is 1.22 bits per heavy atom. The molecule has 1 amide bonds. The Morgan fingerprint density at radius 2 is 1.89 bits per heavy atom. The fourth-order valence-electron chi connectivity index (χ4n) is 2.16. The second kappa shape index (κ2) is 8.49. The SMILES string of the molecule is CCS(=O)(=O)c1ccccc1C(=O)O[C@H](C)C(=O)Nc1ccc(Cl)cc1F. The van der Waals surface area contributed by atoms with Crippen molar-refractivity contribution >= 4 is 39.0 Å². The Balaban J connectivity index is 2.15. The van der Waals surface area contributed by atoms with E-state index in [2.05, 4.69) is 5.32 Å². The molecule has 0 aliphatic rings. The third kappa shape index (κ3) is 5.05. The van der Waals surface area contributed by atoms with Gasteiger partial charge in [0.2, 0.25) is 0 Å². The minimum Gasteiger partial charge on any atom is -0.449 e. The largest absolute Gasteiger partial charge is 0.449 e. The van der Waals surface area contributed by atoms with Crippen LogP contribution < -0.4 is 5.32 Å². The van der Waals surface area contributed by atoms with Crippen LogP contribution >= 0.6 is 11.6 Å². The fraction of sp³-hybridized carbons (Fsp3) is 0.222. The van der Waals surface area contributed by atoms with Gasteiger partial charge in [0.1, 0.15) is 5.82 Å². The van der Waals surface area contributed by atoms with Gasteiger partial charge in [0.25, 0.3) is 5.91 Å². The number of sulfone groups is 1. The number of carbonyl (C=O) groups excluding carboxylic acids is 2. The van der Waals surface area contributed by atoms with Crippen molar-refractivity contribution in [3.63, 3.8) is 0 Å². The average molecular weight is 414 g/mol. The predicted molar refractivity (Wildman–Crippen MR) is 99.1 cm³/mol. The van der Waals surface area contributed by atoms with E-state index in [1.54, 1.807) is 0 Å². The van der Waals surface area contributed by atoms with Gasteiger partial charge < -0.3 is 10.1 Å². The third-order valence-corrected chi connectivity index (χ3v) is 5.69. The van der Waals surface area contributed by atoms with Gasteiger partial charge in [-0.3, -0.25) is 4.79 Å². The maximum Gasteiger partial charge on any atom is 0.340 e. The lowest BCUT2D eigenvalue weighted by molar-refractivity contribution is -0.123. The molecule has 0 radical (unpaired) electrons. The molecule has 9 heteroatoms. The van der Waals surface area contributed by atoms with Crippen LogP contribution in [0.2, 0.25) is 5.02 Å². The number of amides is 1. The van der Waals surface area contributed by atoms with Crippen molar-refractivity contribution < 1.29 is 27.1 Å². The van der Waals surface area contributed by atoms with Crippen LogP contribution in [0.4, 0.5) is 10.1 Å². The number of esters is 1. The molecular weight excluding hydrogens is 397 g/mol. The van der Waals surface area contributed by atoms with Gasteiger partial charge in [-0.25, -0.2) is 17.6 Å². The average Bonchev–Trinajstić information content (AvgIpc) is 2.63. The summed E-state index contributed by atoms with van der Waals surface area (Å²) in [6, 6.07) is 9.26. The molecule has 2 aromatic rings. The van der Waals surface area contributed by atoms with Crippen LogP contribution in [-0.2, 0) is 19.4 Å². The highest BCUT2D eigenvalue weighted by Crippen LogP contribution is 2.21. The van der Waals surface area contributed by atoms with E-state index < -0.39 is 33.6 Å². The number of rotatable bonds is 6. The molecule has 0 aliphatic carbocycles. The van der Waals surface area contributed by atoms with E-state index in [-0.39, 0.29) is 26.9 Å². The monoisotopic (exact) mass is 413 g/mol. The molecule has 6 nitrogen and oxygen atoms in total. The molecule has 0 spiro atoms. The van der Waals surface area contributed by atoms with Crippen LogP contribution in [0.25, 0.3) is 0 Å². The summed E-state index contributed by atoms with van der Waals surface area (Å²) in [6.07, 6.45) is -1.29. The summed E-state index contributed by atoms with van der Waals surface area (Å²) in [4.78, 5) is 24.3. The summed E-state index contributed by atoms with van der Waals surface area (Å²) in [5.41, 5.74) is -0.294. The molecule has 2 rings (SSSR count). The van der Waals surface area contributed by atoms with Gasteiger partial charge in [-0.15, -0.1) is 0 Å². The van der Waals surface area contributed by atoms with Gasteiger partial charge in [-0.2, -0.15) is 0 Å². The minimum atomic E-state index is -3.65. The molecule has 0 aliphatic heterocycles. The Hall–Kier alpha value is -2.45. The summed E-state index contributed by atoms with van der Waals surface area (Å²) >= 11 is 5.65. The quantitative estimate of drug-likeness (QED) is 0.732. The van der Waals surface area contributed by atoms with Crippen LogP contribution in [0.3, 0.4) is 0 Å². The van der Waals surface area contributed by atoms with Crippen LogP contribution in [-0.4, -0.2) is 32.2 Å². The smallest absolute Gasteiger partial charge is 0.340 e. The first-order valence-electron chi connectivity index (χ1n) is 7.94. The van der Waals surface area contributed by atoms with E-state index >= 15 is 0 Å². The summed E-state index contributed by atoms with van der Waals surface area (Å²) in [5, 5.41) is 2.45. The number of carbonyl (C=O) groups is 2. The number of halogens is 2. The van der Waals surface area contributed by atoms with Gasteiger partial charge in [-0.05, 0) is 37.3 Å². The van der Waals surface area contributed by atoms with E-state index in [4.69, 9.17) is 16.3 Å². The summed E-state index contributed by atoms with van der Waals surface area (Å²) in [7, 11) is -3.65. The second-order valence-electron chi connectivity index (χ2n) is 5.56. The number of hydrogen-bond acceptors (Lipinski definition) is 5. The molecule has 0 saturated heterocycles. The van der Waals surface area contributed by atoms with E-state index in [0.717, 1.165) is 6.07 Å². The molecule has 1 atom stereocenters. The zero-order chi connectivity index (χ0) is 20.2. The molecule has 27 heavy (non-hydrogen) atoms. The van der Waals surface area contributed by atoms with Crippen molar-refractivity contribution in [2.24, 2.45) is 0 Å². The topological polar surface area (TPSA) is 89.5 Å². The molecule has 2 aromatic carbocycles. The maximum atomic E-state index is 13.8. The van der Waals surface area contributed by atoms with Gasteiger partial charge in [-0.1, -0.05) is 30.7 Å². The van der Waals surface area contributed by atoms with E-state index in [1.807, 2.05) is 0 Å². The van der Waals surface area contributed by atoms with Crippen molar-refractivity contribution in [3.05, 3.63) is 58.9 Å². The lowest BCUT2D eigenvalue weighted by Crippen LogP contribution is -2.30. The fourth-order valence-corrected chi connectivity index (χ4v) is 3.41. The Kier molecular flexibility index (Phi) is 6.56. The highest BCUT2D eigenvalue weighted by atomic mass is 35.5. The lowest BCUT2D eigenvalue weighted by Gasteiger charge is -2.15. The molecule has 0 aromatic heterocycles. The number of ether oxygens (including phenoxy) is 1. The normalized spacial score (nSPS) is 12.3. The van der Waals surface area contributed by atoms with Crippen LogP contribution in [0, 0.1) is 5.82 Å². The molecule has 0 bridgehead atoms. The number of anilines is 1. The van der Waals surface area contributed by atoms with Gasteiger partial charge in [0, 0.05) is 5.02 Å². The highest BCUT2D eigenvalue weighted by Gasteiger charge is 2.25. The van der Waals surface area contributed by atoms with Gasteiger partial charge >= 0.3 is 5.97 Å². The predicted octanol–water partition coefficient (Wildman–Crippen LogP) is 3.46. The summed E-state index contributed by atoms with van der Waals surface area (Å²) < 4.78 is 43.0. The third-order valence-electron chi connectivity index (χ3n) is 3.66. The van der Waals surface area contributed by atoms with Crippen molar-refractivity contribution in [1.29, 1.82) is 0 Å². The Bertz CT molecular complexity index is 977. The summed E-state index contributed by atoms with van der Waals surface area (Å²) in [5.74, 6) is -2.68. The Morgan fingerprint density at radius 3 is 2.52 bits per heavy atom. The standard InChI is InChI=1S/C18H17ClFNO5S/c1-3-27(24,25)16-7-5-4-6-13(16)18(23)26-11(2)17(22)21-15-9-8-12(19)10-14(15)20/h4-11H,3H2,1-2H3,(H,21,22)/t11-/m1/s1. The van der Waals surface area contributed by atoms with Crippen LogP contribution in [0.15, 0.2) is 47.4 Å². The van der Waals surface area contributed by atoms with E-state index in [9.17, 15) is 22.4 Å². The van der Waals surface area contributed by atoms with E-state index in [1.165, 1.54) is 50.2 Å². The Labute approximate surface area is 161 Å². The minimum absolute atomic E-state index is 0.124. The van der Waals surface area contributed by atoms with Crippen molar-refractivity contribution in [1.82, 2.24) is 0 Å². The van der Waals surface area contributed by atoms with Crippen LogP contribution in [0.5, 0.6) is 0 Å². The number of benzene rings is 2. The molecular formula is C18H17ClFNO5S. The molecule has 0 unspecified atom stereocenters. The number of nitrogens with one attached hydrogen (secondary N) is 1. The first kappa shape index (κ1) is 20.9. The lowest BCUT2D eigenvalue weighted by atomic mass is 10.2. The molecule has 0 heterocycles.